The van der Waals surface area contributed by atoms with Crippen LogP contribution < -0.4 is 4.74 Å². The molecule has 0 saturated heterocycles. The highest BCUT2D eigenvalue weighted by Crippen LogP contribution is 2.26. The number of benzene rings is 1. The fourth-order valence-corrected chi connectivity index (χ4v) is 2.74. The first-order chi connectivity index (χ1) is 9.99. The van der Waals surface area contributed by atoms with Gasteiger partial charge in [0.2, 0.25) is 0 Å². The van der Waals surface area contributed by atoms with Crippen LogP contribution in [-0.4, -0.2) is 38.3 Å². The molecule has 0 spiro atoms. The minimum absolute atomic E-state index is 0.274. The molecule has 0 aliphatic rings. The standard InChI is InChI=1S/C15H21N3O2S/c1-10-5-6-11(2)14(12(10)3)20-7-13(19)8-21-15-17-16-9-18(15)4/h5-6,9,13,19H,7-8H2,1-4H3. The van der Waals surface area contributed by atoms with Crippen LogP contribution in [0.4, 0.5) is 0 Å². The van der Waals surface area contributed by atoms with Crippen LogP contribution in [0.1, 0.15) is 16.7 Å². The first kappa shape index (κ1) is 15.9. The summed E-state index contributed by atoms with van der Waals surface area (Å²) in [7, 11) is 1.88. The molecule has 1 aromatic heterocycles. The molecule has 1 N–H and O–H groups in total. The van der Waals surface area contributed by atoms with Crippen molar-refractivity contribution in [1.82, 2.24) is 14.8 Å². The maximum atomic E-state index is 10.0. The Hall–Kier alpha value is -1.53. The topological polar surface area (TPSA) is 60.2 Å². The predicted octanol–water partition coefficient (Wildman–Crippen LogP) is 2.27. The second-order valence-electron chi connectivity index (χ2n) is 5.15. The van der Waals surface area contributed by atoms with Crippen molar-refractivity contribution in [3.05, 3.63) is 35.2 Å². The number of hydrogen-bond acceptors (Lipinski definition) is 5. The maximum absolute atomic E-state index is 10.0. The van der Waals surface area contributed by atoms with Gasteiger partial charge in [0.25, 0.3) is 0 Å². The van der Waals surface area contributed by atoms with Crippen molar-refractivity contribution in [3.8, 4) is 5.75 Å². The number of aliphatic hydroxyl groups excluding tert-OH is 1. The second kappa shape index (κ2) is 6.95. The van der Waals surface area contributed by atoms with Crippen LogP contribution in [-0.2, 0) is 7.05 Å². The molecule has 0 bridgehead atoms. The number of rotatable bonds is 6. The van der Waals surface area contributed by atoms with Crippen LogP contribution in [0, 0.1) is 20.8 Å². The first-order valence-corrected chi connectivity index (χ1v) is 7.82. The molecule has 2 aromatic rings. The van der Waals surface area contributed by atoms with Gasteiger partial charge in [-0.2, -0.15) is 0 Å². The Balaban J connectivity index is 1.88. The average molecular weight is 307 g/mol. The number of aliphatic hydroxyl groups is 1. The van der Waals surface area contributed by atoms with Crippen molar-refractivity contribution in [2.75, 3.05) is 12.4 Å². The largest absolute Gasteiger partial charge is 0.490 e. The summed E-state index contributed by atoms with van der Waals surface area (Å²) in [4.78, 5) is 0. The van der Waals surface area contributed by atoms with Crippen molar-refractivity contribution in [2.45, 2.75) is 32.0 Å². The highest BCUT2D eigenvalue weighted by atomic mass is 32.2. The van der Waals surface area contributed by atoms with Crippen LogP contribution in [0.15, 0.2) is 23.6 Å². The first-order valence-electron chi connectivity index (χ1n) is 6.83. The van der Waals surface area contributed by atoms with E-state index in [1.807, 2.05) is 31.5 Å². The van der Waals surface area contributed by atoms with Crippen LogP contribution in [0.5, 0.6) is 5.75 Å². The Labute approximate surface area is 129 Å². The van der Waals surface area contributed by atoms with Gasteiger partial charge in [0.05, 0.1) is 6.10 Å². The van der Waals surface area contributed by atoms with Gasteiger partial charge in [0.15, 0.2) is 5.16 Å². The lowest BCUT2D eigenvalue weighted by atomic mass is 10.1. The molecule has 1 atom stereocenters. The highest BCUT2D eigenvalue weighted by molar-refractivity contribution is 7.99. The summed E-state index contributed by atoms with van der Waals surface area (Å²) in [6, 6.07) is 4.12. The van der Waals surface area contributed by atoms with Crippen molar-refractivity contribution in [3.63, 3.8) is 0 Å². The zero-order valence-electron chi connectivity index (χ0n) is 12.8. The van der Waals surface area contributed by atoms with Gasteiger partial charge in [-0.15, -0.1) is 10.2 Å². The Morgan fingerprint density at radius 2 is 2.00 bits per heavy atom. The van der Waals surface area contributed by atoms with Crippen LogP contribution >= 0.6 is 11.8 Å². The van der Waals surface area contributed by atoms with Crippen molar-refractivity contribution >= 4 is 11.8 Å². The van der Waals surface area contributed by atoms with Crippen molar-refractivity contribution in [1.29, 1.82) is 0 Å². The zero-order chi connectivity index (χ0) is 15.4. The number of aromatic nitrogens is 3. The third-order valence-corrected chi connectivity index (χ3v) is 4.55. The number of ether oxygens (including phenoxy) is 1. The molecule has 0 fully saturated rings. The molecular formula is C15H21N3O2S. The summed E-state index contributed by atoms with van der Waals surface area (Å²) in [5.74, 6) is 1.40. The zero-order valence-corrected chi connectivity index (χ0v) is 13.6. The van der Waals surface area contributed by atoms with E-state index in [2.05, 4.69) is 23.2 Å². The third-order valence-electron chi connectivity index (χ3n) is 3.37. The van der Waals surface area contributed by atoms with E-state index in [0.717, 1.165) is 22.0 Å². The summed E-state index contributed by atoms with van der Waals surface area (Å²) < 4.78 is 7.63. The van der Waals surface area contributed by atoms with Crippen molar-refractivity contribution < 1.29 is 9.84 Å². The third kappa shape index (κ3) is 3.98. The van der Waals surface area contributed by atoms with E-state index >= 15 is 0 Å². The lowest BCUT2D eigenvalue weighted by Crippen LogP contribution is -2.21. The van der Waals surface area contributed by atoms with Gasteiger partial charge < -0.3 is 14.4 Å². The van der Waals surface area contributed by atoms with Crippen molar-refractivity contribution in [2.24, 2.45) is 7.05 Å². The van der Waals surface area contributed by atoms with E-state index in [4.69, 9.17) is 4.74 Å². The smallest absolute Gasteiger partial charge is 0.190 e. The predicted molar refractivity (Wildman–Crippen MR) is 83.9 cm³/mol. The van der Waals surface area contributed by atoms with E-state index in [0.29, 0.717) is 5.75 Å². The normalized spacial score (nSPS) is 12.4. The number of nitrogens with zero attached hydrogens (tertiary/aromatic N) is 3. The summed E-state index contributed by atoms with van der Waals surface area (Å²) >= 11 is 1.47. The Morgan fingerprint density at radius 1 is 1.29 bits per heavy atom. The Kier molecular flexibility index (Phi) is 5.25. The molecule has 6 heteroatoms. The molecule has 1 heterocycles. The monoisotopic (exact) mass is 307 g/mol. The Morgan fingerprint density at radius 3 is 2.67 bits per heavy atom. The molecule has 21 heavy (non-hydrogen) atoms. The SMILES string of the molecule is Cc1ccc(C)c(OCC(O)CSc2nncn2C)c1C. The van der Waals surface area contributed by atoms with E-state index in [1.165, 1.54) is 17.3 Å². The molecule has 2 rings (SSSR count). The van der Waals surface area contributed by atoms with E-state index < -0.39 is 6.10 Å². The average Bonchev–Trinajstić information content (AvgIpc) is 2.86. The Bertz CT molecular complexity index is 613. The minimum Gasteiger partial charge on any atom is -0.490 e. The van der Waals surface area contributed by atoms with Crippen LogP contribution in [0.3, 0.4) is 0 Å². The quantitative estimate of drug-likeness (QED) is 0.830. The van der Waals surface area contributed by atoms with E-state index in [-0.39, 0.29) is 6.61 Å². The maximum Gasteiger partial charge on any atom is 0.190 e. The fourth-order valence-electron chi connectivity index (χ4n) is 1.95. The molecule has 114 valence electrons. The van der Waals surface area contributed by atoms with Gasteiger partial charge in [0, 0.05) is 12.8 Å². The summed E-state index contributed by atoms with van der Waals surface area (Å²) in [6.07, 6.45) is 1.09. The molecule has 1 unspecified atom stereocenters. The summed E-state index contributed by atoms with van der Waals surface area (Å²) in [6.45, 7) is 6.39. The number of aryl methyl sites for hydroxylation is 3. The van der Waals surface area contributed by atoms with Gasteiger partial charge in [0.1, 0.15) is 18.7 Å². The molecule has 0 saturated carbocycles. The molecule has 0 amide bonds. The molecule has 0 aliphatic heterocycles. The molecule has 5 nitrogen and oxygen atoms in total. The second-order valence-corrected chi connectivity index (χ2v) is 6.14. The highest BCUT2D eigenvalue weighted by Gasteiger charge is 2.12. The molecule has 1 aromatic carbocycles. The van der Waals surface area contributed by atoms with Gasteiger partial charge in [-0.25, -0.2) is 0 Å². The summed E-state index contributed by atoms with van der Waals surface area (Å²) in [5.41, 5.74) is 3.41. The molecule has 0 aliphatic carbocycles. The van der Waals surface area contributed by atoms with Crippen LogP contribution in [0.25, 0.3) is 0 Å². The fraction of sp³-hybridized carbons (Fsp3) is 0.467. The lowest BCUT2D eigenvalue weighted by Gasteiger charge is -2.16. The van der Waals surface area contributed by atoms with E-state index in [9.17, 15) is 5.11 Å². The van der Waals surface area contributed by atoms with E-state index in [1.54, 1.807) is 6.33 Å². The van der Waals surface area contributed by atoms with Gasteiger partial charge in [-0.1, -0.05) is 23.9 Å². The van der Waals surface area contributed by atoms with Gasteiger partial charge in [-0.3, -0.25) is 0 Å². The lowest BCUT2D eigenvalue weighted by molar-refractivity contribution is 0.125. The summed E-state index contributed by atoms with van der Waals surface area (Å²) in [5, 5.41) is 18.6. The molecule has 0 radical (unpaired) electrons. The van der Waals surface area contributed by atoms with Crippen LogP contribution in [0.2, 0.25) is 0 Å². The number of thioether (sulfide) groups is 1. The minimum atomic E-state index is -0.550. The van der Waals surface area contributed by atoms with Gasteiger partial charge in [-0.05, 0) is 37.5 Å². The van der Waals surface area contributed by atoms with Gasteiger partial charge >= 0.3 is 0 Å². The molecular weight excluding hydrogens is 286 g/mol. The number of hydrogen-bond donors (Lipinski definition) is 1.